The van der Waals surface area contributed by atoms with Gasteiger partial charge in [-0.05, 0) is 55.2 Å². The van der Waals surface area contributed by atoms with Crippen LogP contribution in [0.25, 0.3) is 16.9 Å². The standard InChI is InChI=1S/C24H23ClFN3O2/c1-15-5-2-3-8-21(15)27-23(30)20-14-22(16-9-11-17(25)12-10-16)28-29(24(20)31)19-7-4-6-18(26)13-19/h4,6-7,9-15,21H,2-3,5,8H2,1H3,(H,27,30)/t15-,21-/m0/s1. The van der Waals surface area contributed by atoms with Crippen LogP contribution >= 0.6 is 11.6 Å². The fourth-order valence-corrected chi connectivity index (χ4v) is 4.10. The van der Waals surface area contributed by atoms with Crippen LogP contribution in [0.4, 0.5) is 4.39 Å². The molecule has 1 N–H and O–H groups in total. The number of hydrogen-bond acceptors (Lipinski definition) is 3. The Bertz CT molecular complexity index is 1160. The summed E-state index contributed by atoms with van der Waals surface area (Å²) in [5.41, 5.74) is 0.740. The van der Waals surface area contributed by atoms with Gasteiger partial charge in [0.1, 0.15) is 11.4 Å². The molecule has 3 aromatic rings. The molecule has 4 rings (SSSR count). The van der Waals surface area contributed by atoms with Gasteiger partial charge in [-0.1, -0.05) is 49.6 Å². The van der Waals surface area contributed by atoms with Crippen molar-refractivity contribution in [3.8, 4) is 16.9 Å². The van der Waals surface area contributed by atoms with E-state index in [0.717, 1.165) is 30.4 Å². The molecule has 1 amide bonds. The highest BCUT2D eigenvalue weighted by molar-refractivity contribution is 6.30. The van der Waals surface area contributed by atoms with Crippen LogP contribution in [0.3, 0.4) is 0 Å². The Kier molecular flexibility index (Phi) is 6.18. The minimum atomic E-state index is -0.593. The second-order valence-electron chi connectivity index (χ2n) is 7.99. The van der Waals surface area contributed by atoms with E-state index in [1.54, 1.807) is 30.3 Å². The Labute approximate surface area is 184 Å². The smallest absolute Gasteiger partial charge is 0.284 e. The molecule has 1 heterocycles. The highest BCUT2D eigenvalue weighted by Gasteiger charge is 2.25. The maximum atomic E-state index is 13.8. The van der Waals surface area contributed by atoms with Crippen molar-refractivity contribution in [2.75, 3.05) is 0 Å². The molecule has 160 valence electrons. The maximum absolute atomic E-state index is 13.8. The summed E-state index contributed by atoms with van der Waals surface area (Å²) in [6, 6.07) is 14.0. The SMILES string of the molecule is C[C@H]1CCCC[C@@H]1NC(=O)c1cc(-c2ccc(Cl)cc2)nn(-c2cccc(F)c2)c1=O. The second kappa shape index (κ2) is 9.02. The van der Waals surface area contributed by atoms with Gasteiger partial charge in [-0.25, -0.2) is 4.39 Å². The van der Waals surface area contributed by atoms with Gasteiger partial charge in [0.25, 0.3) is 11.5 Å². The predicted octanol–water partition coefficient (Wildman–Crippen LogP) is 5.00. The van der Waals surface area contributed by atoms with E-state index in [-0.39, 0.29) is 17.3 Å². The van der Waals surface area contributed by atoms with Gasteiger partial charge in [0.15, 0.2) is 0 Å². The van der Waals surface area contributed by atoms with Crippen LogP contribution in [0.5, 0.6) is 0 Å². The Morgan fingerprint density at radius 3 is 2.58 bits per heavy atom. The normalized spacial score (nSPS) is 18.5. The van der Waals surface area contributed by atoms with Crippen molar-refractivity contribution >= 4 is 17.5 Å². The van der Waals surface area contributed by atoms with E-state index in [0.29, 0.717) is 22.2 Å². The van der Waals surface area contributed by atoms with Crippen molar-refractivity contribution in [3.63, 3.8) is 0 Å². The summed E-state index contributed by atoms with van der Waals surface area (Å²) in [5, 5.41) is 7.99. The van der Waals surface area contributed by atoms with Gasteiger partial charge < -0.3 is 5.32 Å². The topological polar surface area (TPSA) is 64.0 Å². The average molecular weight is 440 g/mol. The van der Waals surface area contributed by atoms with Gasteiger partial charge >= 0.3 is 0 Å². The lowest BCUT2D eigenvalue weighted by Crippen LogP contribution is -2.43. The lowest BCUT2D eigenvalue weighted by molar-refractivity contribution is 0.0908. The molecular weight excluding hydrogens is 417 g/mol. The molecule has 0 radical (unpaired) electrons. The molecule has 0 aliphatic heterocycles. The van der Waals surface area contributed by atoms with Gasteiger partial charge in [-0.15, -0.1) is 0 Å². The number of aromatic nitrogens is 2. The Morgan fingerprint density at radius 1 is 1.13 bits per heavy atom. The molecule has 1 aliphatic rings. The minimum absolute atomic E-state index is 0.0235. The van der Waals surface area contributed by atoms with Crippen LogP contribution in [-0.4, -0.2) is 21.7 Å². The van der Waals surface area contributed by atoms with Crippen LogP contribution < -0.4 is 10.9 Å². The average Bonchev–Trinajstić information content (AvgIpc) is 2.76. The molecule has 1 aromatic heterocycles. The van der Waals surface area contributed by atoms with E-state index in [9.17, 15) is 14.0 Å². The van der Waals surface area contributed by atoms with Crippen molar-refractivity contribution in [2.24, 2.45) is 5.92 Å². The summed E-state index contributed by atoms with van der Waals surface area (Å²) in [6.07, 6.45) is 4.13. The van der Waals surface area contributed by atoms with Gasteiger partial charge in [-0.3, -0.25) is 9.59 Å². The molecule has 2 aromatic carbocycles. The number of nitrogens with zero attached hydrogens (tertiary/aromatic N) is 2. The van der Waals surface area contributed by atoms with E-state index in [1.165, 1.54) is 24.3 Å². The first-order chi connectivity index (χ1) is 14.9. The van der Waals surface area contributed by atoms with Crippen molar-refractivity contribution in [1.29, 1.82) is 0 Å². The quantitative estimate of drug-likeness (QED) is 0.622. The Morgan fingerprint density at radius 2 is 1.87 bits per heavy atom. The van der Waals surface area contributed by atoms with Crippen LogP contribution in [0.1, 0.15) is 43.0 Å². The molecule has 1 saturated carbocycles. The summed E-state index contributed by atoms with van der Waals surface area (Å²) in [5.74, 6) is -0.586. The molecule has 5 nitrogen and oxygen atoms in total. The number of carbonyl (C=O) groups excluding carboxylic acids is 1. The van der Waals surface area contributed by atoms with Gasteiger partial charge in [0.2, 0.25) is 0 Å². The third kappa shape index (κ3) is 4.69. The van der Waals surface area contributed by atoms with Crippen molar-refractivity contribution in [1.82, 2.24) is 15.1 Å². The lowest BCUT2D eigenvalue weighted by atomic mass is 9.86. The number of hydrogen-bond donors (Lipinski definition) is 1. The Hall–Kier alpha value is -2.99. The van der Waals surface area contributed by atoms with Crippen molar-refractivity contribution < 1.29 is 9.18 Å². The molecule has 31 heavy (non-hydrogen) atoms. The van der Waals surface area contributed by atoms with E-state index in [4.69, 9.17) is 11.6 Å². The fourth-order valence-electron chi connectivity index (χ4n) is 3.98. The summed E-state index contributed by atoms with van der Waals surface area (Å²) in [7, 11) is 0. The van der Waals surface area contributed by atoms with E-state index in [2.05, 4.69) is 17.3 Å². The first-order valence-electron chi connectivity index (χ1n) is 10.4. The number of rotatable bonds is 4. The van der Waals surface area contributed by atoms with Crippen molar-refractivity contribution in [2.45, 2.75) is 38.6 Å². The maximum Gasteiger partial charge on any atom is 0.284 e. The van der Waals surface area contributed by atoms with Crippen LogP contribution in [0.15, 0.2) is 59.4 Å². The number of amides is 1. The van der Waals surface area contributed by atoms with Crippen LogP contribution in [-0.2, 0) is 0 Å². The summed E-state index contributed by atoms with van der Waals surface area (Å²) in [6.45, 7) is 2.11. The number of nitrogens with one attached hydrogen (secondary N) is 1. The zero-order valence-corrected chi connectivity index (χ0v) is 17.9. The molecule has 0 saturated heterocycles. The summed E-state index contributed by atoms with van der Waals surface area (Å²) in [4.78, 5) is 26.3. The summed E-state index contributed by atoms with van der Waals surface area (Å²) < 4.78 is 14.9. The largest absolute Gasteiger partial charge is 0.349 e. The highest BCUT2D eigenvalue weighted by atomic mass is 35.5. The van der Waals surface area contributed by atoms with Crippen molar-refractivity contribution in [3.05, 3.63) is 81.4 Å². The molecule has 0 unspecified atom stereocenters. The molecule has 1 aliphatic carbocycles. The second-order valence-corrected chi connectivity index (χ2v) is 8.43. The summed E-state index contributed by atoms with van der Waals surface area (Å²) >= 11 is 5.99. The fraction of sp³-hybridized carbons (Fsp3) is 0.292. The van der Waals surface area contributed by atoms with E-state index >= 15 is 0 Å². The van der Waals surface area contributed by atoms with Crippen LogP contribution in [0, 0.1) is 11.7 Å². The molecule has 2 atom stereocenters. The number of benzene rings is 2. The monoisotopic (exact) mass is 439 g/mol. The zero-order chi connectivity index (χ0) is 22.0. The molecular formula is C24H23ClFN3O2. The molecule has 7 heteroatoms. The van der Waals surface area contributed by atoms with E-state index in [1.807, 2.05) is 0 Å². The number of carbonyl (C=O) groups is 1. The molecule has 0 spiro atoms. The predicted molar refractivity (Wildman–Crippen MR) is 119 cm³/mol. The van der Waals surface area contributed by atoms with Crippen LogP contribution in [0.2, 0.25) is 5.02 Å². The lowest BCUT2D eigenvalue weighted by Gasteiger charge is -2.29. The third-order valence-corrected chi connectivity index (χ3v) is 6.03. The first-order valence-corrected chi connectivity index (χ1v) is 10.8. The van der Waals surface area contributed by atoms with Gasteiger partial charge in [0.05, 0.1) is 11.4 Å². The molecule has 0 bridgehead atoms. The molecule has 1 fully saturated rings. The first kappa shape index (κ1) is 21.2. The third-order valence-electron chi connectivity index (χ3n) is 5.78. The van der Waals surface area contributed by atoms with Gasteiger partial charge in [-0.2, -0.15) is 9.78 Å². The van der Waals surface area contributed by atoms with Gasteiger partial charge in [0, 0.05) is 16.6 Å². The zero-order valence-electron chi connectivity index (χ0n) is 17.1. The van der Waals surface area contributed by atoms with E-state index < -0.39 is 17.3 Å². The highest BCUT2D eigenvalue weighted by Crippen LogP contribution is 2.24. The minimum Gasteiger partial charge on any atom is -0.349 e. The number of halogens is 2. The Balaban J connectivity index is 1.80.